The van der Waals surface area contributed by atoms with Gasteiger partial charge in [0.05, 0.1) is 11.1 Å². The molecule has 0 spiro atoms. The predicted octanol–water partition coefficient (Wildman–Crippen LogP) is 5.94. The first-order valence-electron chi connectivity index (χ1n) is 10.4. The van der Waals surface area contributed by atoms with Crippen molar-refractivity contribution < 1.29 is 4.74 Å². The van der Waals surface area contributed by atoms with E-state index in [-0.39, 0.29) is 23.1 Å². The second-order valence-corrected chi connectivity index (χ2v) is 9.41. The molecule has 2 aromatic carbocycles. The fourth-order valence-corrected chi connectivity index (χ4v) is 5.40. The van der Waals surface area contributed by atoms with Gasteiger partial charge in [0.15, 0.2) is 0 Å². The molecule has 0 saturated heterocycles. The molecule has 158 valence electrons. The summed E-state index contributed by atoms with van der Waals surface area (Å²) in [6.45, 7) is 2.16. The summed E-state index contributed by atoms with van der Waals surface area (Å²) in [4.78, 5) is 14.8. The standard InChI is InChI=1S/C24H26BrClN2O2/c1-2-22(27)24(15-6-4-3-5-7-15)10-8-16(9-11-24)30-21-13-17-18(12-20(21)26)23(29)28-14-19(17)25/h3-7,12-14,16,22H,2,8-11,27H2,1H3,(H,28,29). The Morgan fingerprint density at radius 1 is 1.23 bits per heavy atom. The smallest absolute Gasteiger partial charge is 0.255 e. The summed E-state index contributed by atoms with van der Waals surface area (Å²) in [7, 11) is 0. The van der Waals surface area contributed by atoms with E-state index in [0.29, 0.717) is 16.2 Å². The van der Waals surface area contributed by atoms with Gasteiger partial charge in [0.25, 0.3) is 5.56 Å². The van der Waals surface area contributed by atoms with Crippen LogP contribution in [0.15, 0.2) is 57.9 Å². The van der Waals surface area contributed by atoms with Gasteiger partial charge in [-0.2, -0.15) is 0 Å². The van der Waals surface area contributed by atoms with Crippen molar-refractivity contribution in [1.29, 1.82) is 0 Å². The summed E-state index contributed by atoms with van der Waals surface area (Å²) in [5.41, 5.74) is 7.77. The van der Waals surface area contributed by atoms with E-state index in [4.69, 9.17) is 22.1 Å². The summed E-state index contributed by atoms with van der Waals surface area (Å²) >= 11 is 9.96. The van der Waals surface area contributed by atoms with Crippen LogP contribution in [0.4, 0.5) is 0 Å². The number of aromatic nitrogens is 1. The van der Waals surface area contributed by atoms with Crippen molar-refractivity contribution in [1.82, 2.24) is 4.98 Å². The molecule has 3 N–H and O–H groups in total. The van der Waals surface area contributed by atoms with Gasteiger partial charge in [-0.25, -0.2) is 0 Å². The molecule has 1 saturated carbocycles. The van der Waals surface area contributed by atoms with Crippen molar-refractivity contribution in [3.05, 3.63) is 74.1 Å². The molecule has 1 aliphatic carbocycles. The van der Waals surface area contributed by atoms with Crippen molar-refractivity contribution >= 4 is 38.3 Å². The van der Waals surface area contributed by atoms with E-state index in [2.05, 4.69) is 52.1 Å². The van der Waals surface area contributed by atoms with Crippen molar-refractivity contribution in [2.75, 3.05) is 0 Å². The molecule has 0 aliphatic heterocycles. The molecule has 0 bridgehead atoms. The van der Waals surface area contributed by atoms with Crippen molar-refractivity contribution in [3.63, 3.8) is 0 Å². The lowest BCUT2D eigenvalue weighted by Gasteiger charge is -2.44. The zero-order valence-corrected chi connectivity index (χ0v) is 19.3. The number of ether oxygens (including phenoxy) is 1. The van der Waals surface area contributed by atoms with Crippen LogP contribution in [0.25, 0.3) is 10.8 Å². The lowest BCUT2D eigenvalue weighted by atomic mass is 9.64. The Morgan fingerprint density at radius 2 is 1.93 bits per heavy atom. The van der Waals surface area contributed by atoms with Crippen molar-refractivity contribution in [3.8, 4) is 5.75 Å². The zero-order valence-electron chi connectivity index (χ0n) is 17.0. The number of nitrogens with one attached hydrogen (secondary N) is 1. The molecule has 1 heterocycles. The maximum atomic E-state index is 12.1. The molecule has 1 aliphatic rings. The largest absolute Gasteiger partial charge is 0.489 e. The average Bonchev–Trinajstić information content (AvgIpc) is 2.78. The summed E-state index contributed by atoms with van der Waals surface area (Å²) < 4.78 is 7.13. The van der Waals surface area contributed by atoms with Gasteiger partial charge < -0.3 is 15.5 Å². The molecule has 4 nitrogen and oxygen atoms in total. The first kappa shape index (κ1) is 21.4. The Morgan fingerprint density at radius 3 is 2.60 bits per heavy atom. The molecule has 4 rings (SSSR count). The fourth-order valence-electron chi connectivity index (χ4n) is 4.75. The van der Waals surface area contributed by atoms with Gasteiger partial charge in [-0.3, -0.25) is 4.79 Å². The predicted molar refractivity (Wildman–Crippen MR) is 127 cm³/mol. The van der Waals surface area contributed by atoms with Crippen LogP contribution in [-0.2, 0) is 5.41 Å². The summed E-state index contributed by atoms with van der Waals surface area (Å²) in [6.07, 6.45) is 6.43. The SMILES string of the molecule is CCC(N)C1(c2ccccc2)CCC(Oc2cc3c(Br)c[nH]c(=O)c3cc2Cl)CC1. The molecule has 30 heavy (non-hydrogen) atoms. The van der Waals surface area contributed by atoms with E-state index in [9.17, 15) is 4.79 Å². The van der Waals surface area contributed by atoms with Gasteiger partial charge in [0.2, 0.25) is 0 Å². The molecule has 1 fully saturated rings. The highest BCUT2D eigenvalue weighted by atomic mass is 79.9. The molecule has 1 aromatic heterocycles. The highest BCUT2D eigenvalue weighted by molar-refractivity contribution is 9.10. The maximum Gasteiger partial charge on any atom is 0.255 e. The number of benzene rings is 2. The Labute approximate surface area is 189 Å². The minimum atomic E-state index is -0.166. The topological polar surface area (TPSA) is 68.1 Å². The van der Waals surface area contributed by atoms with E-state index in [1.807, 2.05) is 12.1 Å². The van der Waals surface area contributed by atoms with Crippen LogP contribution in [0.2, 0.25) is 5.02 Å². The number of hydrogen-bond donors (Lipinski definition) is 2. The molecule has 6 heteroatoms. The third-order valence-electron chi connectivity index (χ3n) is 6.52. The number of fused-ring (bicyclic) bond motifs is 1. The number of hydrogen-bond acceptors (Lipinski definition) is 3. The molecule has 1 unspecified atom stereocenters. The molecule has 0 radical (unpaired) electrons. The minimum absolute atomic E-state index is 0.0145. The average molecular weight is 490 g/mol. The number of H-pyrrole nitrogens is 1. The van der Waals surface area contributed by atoms with Crippen molar-refractivity contribution in [2.45, 2.75) is 56.6 Å². The van der Waals surface area contributed by atoms with E-state index in [1.54, 1.807) is 12.3 Å². The number of rotatable bonds is 5. The number of nitrogens with two attached hydrogens (primary N) is 1. The number of aromatic amines is 1. The number of pyridine rings is 1. The van der Waals surface area contributed by atoms with Crippen LogP contribution in [-0.4, -0.2) is 17.1 Å². The Kier molecular flexibility index (Phi) is 6.24. The van der Waals surface area contributed by atoms with Gasteiger partial charge in [0.1, 0.15) is 5.75 Å². The lowest BCUT2D eigenvalue weighted by Crippen LogP contribution is -2.48. The van der Waals surface area contributed by atoms with E-state index >= 15 is 0 Å². The quantitative estimate of drug-likeness (QED) is 0.466. The molecule has 0 amide bonds. The van der Waals surface area contributed by atoms with Crippen molar-refractivity contribution in [2.24, 2.45) is 5.73 Å². The van der Waals surface area contributed by atoms with Gasteiger partial charge >= 0.3 is 0 Å². The third-order valence-corrected chi connectivity index (χ3v) is 7.47. The van der Waals surface area contributed by atoms with Gasteiger partial charge in [-0.1, -0.05) is 48.9 Å². The van der Waals surface area contributed by atoms with Crippen LogP contribution in [0.3, 0.4) is 0 Å². The minimum Gasteiger partial charge on any atom is -0.489 e. The monoisotopic (exact) mass is 488 g/mol. The zero-order chi connectivity index (χ0) is 21.3. The highest BCUT2D eigenvalue weighted by Crippen LogP contribution is 2.44. The van der Waals surface area contributed by atoms with E-state index < -0.39 is 0 Å². The molecular formula is C24H26BrClN2O2. The summed E-state index contributed by atoms with van der Waals surface area (Å²) in [5, 5.41) is 1.79. The van der Waals surface area contributed by atoms with Crippen LogP contribution in [0, 0.1) is 0 Å². The highest BCUT2D eigenvalue weighted by Gasteiger charge is 2.41. The van der Waals surface area contributed by atoms with Gasteiger partial charge in [-0.05, 0) is 65.7 Å². The van der Waals surface area contributed by atoms with Gasteiger partial charge in [-0.15, -0.1) is 0 Å². The first-order valence-corrected chi connectivity index (χ1v) is 11.6. The normalized spacial score (nSPS) is 22.7. The Hall–Kier alpha value is -1.82. The summed E-state index contributed by atoms with van der Waals surface area (Å²) in [6, 6.07) is 14.3. The van der Waals surface area contributed by atoms with Gasteiger partial charge in [0, 0.05) is 32.9 Å². The molecule has 3 aromatic rings. The van der Waals surface area contributed by atoms with Crippen LogP contribution in [0.5, 0.6) is 5.75 Å². The van der Waals surface area contributed by atoms with Crippen LogP contribution >= 0.6 is 27.5 Å². The molecule has 1 atom stereocenters. The van der Waals surface area contributed by atoms with E-state index in [1.165, 1.54) is 5.56 Å². The number of halogens is 2. The Bertz CT molecular complexity index is 1090. The second kappa shape index (κ2) is 8.74. The molecular weight excluding hydrogens is 464 g/mol. The fraction of sp³-hybridized carbons (Fsp3) is 0.375. The summed E-state index contributed by atoms with van der Waals surface area (Å²) in [5.74, 6) is 0.618. The maximum absolute atomic E-state index is 12.1. The second-order valence-electron chi connectivity index (χ2n) is 8.15. The first-order chi connectivity index (χ1) is 14.4. The third kappa shape index (κ3) is 3.91. The van der Waals surface area contributed by atoms with Crippen LogP contribution < -0.4 is 16.0 Å². The Balaban J connectivity index is 1.57. The van der Waals surface area contributed by atoms with E-state index in [0.717, 1.165) is 42.0 Å². The lowest BCUT2D eigenvalue weighted by molar-refractivity contribution is 0.104. The van der Waals surface area contributed by atoms with Crippen LogP contribution in [0.1, 0.15) is 44.6 Å².